The zero-order valence-corrected chi connectivity index (χ0v) is 12.2. The summed E-state index contributed by atoms with van der Waals surface area (Å²) in [5.41, 5.74) is 2.52. The Kier molecular flexibility index (Phi) is 5.56. The maximum Gasteiger partial charge on any atom is 0.119 e. The fourth-order valence-electron chi connectivity index (χ4n) is 2.27. The molecule has 1 aromatic carbocycles. The van der Waals surface area contributed by atoms with E-state index in [0.29, 0.717) is 12.6 Å². The third-order valence-corrected chi connectivity index (χ3v) is 3.21. The maximum absolute atomic E-state index is 5.49. The van der Waals surface area contributed by atoms with Gasteiger partial charge >= 0.3 is 0 Å². The summed E-state index contributed by atoms with van der Waals surface area (Å²) in [5, 5.41) is 3.53. The fraction of sp³-hybridized carbons (Fsp3) is 0.353. The van der Waals surface area contributed by atoms with Crippen LogP contribution in [-0.4, -0.2) is 18.1 Å². The van der Waals surface area contributed by atoms with Gasteiger partial charge in [0.25, 0.3) is 0 Å². The molecule has 1 atom stereocenters. The molecule has 1 N–H and O–H groups in total. The normalized spacial score (nSPS) is 12.1. The molecule has 1 unspecified atom stereocenters. The molecule has 2 aromatic rings. The van der Waals surface area contributed by atoms with E-state index in [9.17, 15) is 0 Å². The van der Waals surface area contributed by atoms with Crippen LogP contribution in [0.2, 0.25) is 0 Å². The van der Waals surface area contributed by atoms with Crippen molar-refractivity contribution in [1.82, 2.24) is 10.3 Å². The van der Waals surface area contributed by atoms with Gasteiger partial charge in [0.15, 0.2) is 0 Å². The van der Waals surface area contributed by atoms with Crippen LogP contribution in [0.4, 0.5) is 0 Å². The monoisotopic (exact) mass is 270 g/mol. The van der Waals surface area contributed by atoms with Crippen molar-refractivity contribution in [2.45, 2.75) is 26.3 Å². The number of aromatic nitrogens is 1. The minimum absolute atomic E-state index is 0.305. The SMILES string of the molecule is CCNC(Cc1cccnc1)c1ccc(OCC)cc1. The van der Waals surface area contributed by atoms with Gasteiger partial charge in [0.05, 0.1) is 6.61 Å². The molecule has 0 saturated heterocycles. The lowest BCUT2D eigenvalue weighted by Crippen LogP contribution is -2.23. The highest BCUT2D eigenvalue weighted by Gasteiger charge is 2.11. The molecule has 3 heteroatoms. The van der Waals surface area contributed by atoms with Crippen LogP contribution in [0.15, 0.2) is 48.8 Å². The van der Waals surface area contributed by atoms with Crippen LogP contribution in [0.5, 0.6) is 5.75 Å². The lowest BCUT2D eigenvalue weighted by molar-refractivity contribution is 0.340. The van der Waals surface area contributed by atoms with Gasteiger partial charge in [-0.05, 0) is 49.2 Å². The molecule has 0 aliphatic heterocycles. The van der Waals surface area contributed by atoms with Gasteiger partial charge in [-0.3, -0.25) is 4.98 Å². The van der Waals surface area contributed by atoms with Crippen LogP contribution in [0, 0.1) is 0 Å². The average Bonchev–Trinajstić information content (AvgIpc) is 2.49. The third-order valence-electron chi connectivity index (χ3n) is 3.21. The first-order valence-electron chi connectivity index (χ1n) is 7.18. The number of rotatable bonds is 7. The standard InChI is InChI=1S/C17H22N2O/c1-3-19-17(12-14-6-5-11-18-13-14)15-7-9-16(10-8-15)20-4-2/h5-11,13,17,19H,3-4,12H2,1-2H3. The summed E-state index contributed by atoms with van der Waals surface area (Å²) in [6, 6.07) is 12.7. The van der Waals surface area contributed by atoms with E-state index in [1.165, 1.54) is 11.1 Å². The highest BCUT2D eigenvalue weighted by molar-refractivity contribution is 5.30. The predicted octanol–water partition coefficient (Wildman–Crippen LogP) is 3.37. The van der Waals surface area contributed by atoms with Gasteiger partial charge in [-0.2, -0.15) is 0 Å². The minimum atomic E-state index is 0.305. The van der Waals surface area contributed by atoms with E-state index in [2.05, 4.69) is 35.4 Å². The van der Waals surface area contributed by atoms with Gasteiger partial charge in [0, 0.05) is 18.4 Å². The summed E-state index contributed by atoms with van der Waals surface area (Å²) in [4.78, 5) is 4.18. The summed E-state index contributed by atoms with van der Waals surface area (Å²) in [6.07, 6.45) is 4.68. The van der Waals surface area contributed by atoms with Crippen molar-refractivity contribution in [2.75, 3.05) is 13.2 Å². The minimum Gasteiger partial charge on any atom is -0.494 e. The highest BCUT2D eigenvalue weighted by atomic mass is 16.5. The summed E-state index contributed by atoms with van der Waals surface area (Å²) >= 11 is 0. The Hall–Kier alpha value is -1.87. The smallest absolute Gasteiger partial charge is 0.119 e. The Bertz CT molecular complexity index is 496. The zero-order chi connectivity index (χ0) is 14.2. The molecule has 0 spiro atoms. The van der Waals surface area contributed by atoms with Crippen LogP contribution in [-0.2, 0) is 6.42 Å². The second-order valence-corrected chi connectivity index (χ2v) is 4.68. The summed E-state index contributed by atoms with van der Waals surface area (Å²) in [5.74, 6) is 0.924. The van der Waals surface area contributed by atoms with Gasteiger partial charge in [0.2, 0.25) is 0 Å². The van der Waals surface area contributed by atoms with E-state index in [-0.39, 0.29) is 0 Å². The first-order chi connectivity index (χ1) is 9.83. The number of nitrogens with zero attached hydrogens (tertiary/aromatic N) is 1. The Morgan fingerprint density at radius 2 is 1.95 bits per heavy atom. The Morgan fingerprint density at radius 3 is 2.55 bits per heavy atom. The first kappa shape index (κ1) is 14.5. The Morgan fingerprint density at radius 1 is 1.15 bits per heavy atom. The van der Waals surface area contributed by atoms with Crippen molar-refractivity contribution in [2.24, 2.45) is 0 Å². The number of ether oxygens (including phenoxy) is 1. The van der Waals surface area contributed by atoms with Crippen LogP contribution < -0.4 is 10.1 Å². The van der Waals surface area contributed by atoms with Crippen molar-refractivity contribution in [3.63, 3.8) is 0 Å². The highest BCUT2D eigenvalue weighted by Crippen LogP contribution is 2.21. The number of benzene rings is 1. The predicted molar refractivity (Wildman–Crippen MR) is 82.0 cm³/mol. The second kappa shape index (κ2) is 7.65. The van der Waals surface area contributed by atoms with E-state index in [1.54, 1.807) is 0 Å². The van der Waals surface area contributed by atoms with E-state index in [0.717, 1.165) is 18.7 Å². The zero-order valence-electron chi connectivity index (χ0n) is 12.2. The van der Waals surface area contributed by atoms with Crippen LogP contribution in [0.25, 0.3) is 0 Å². The molecule has 0 aliphatic carbocycles. The molecule has 0 saturated carbocycles. The molecule has 106 valence electrons. The van der Waals surface area contributed by atoms with Gasteiger partial charge in [0.1, 0.15) is 5.75 Å². The van der Waals surface area contributed by atoms with Crippen LogP contribution in [0.3, 0.4) is 0 Å². The molecule has 0 amide bonds. The summed E-state index contributed by atoms with van der Waals surface area (Å²) in [6.45, 7) is 5.77. The fourth-order valence-corrected chi connectivity index (χ4v) is 2.27. The molecule has 0 radical (unpaired) electrons. The molecular formula is C17H22N2O. The lowest BCUT2D eigenvalue weighted by Gasteiger charge is -2.18. The van der Waals surface area contributed by atoms with Crippen molar-refractivity contribution in [3.05, 3.63) is 59.9 Å². The average molecular weight is 270 g/mol. The number of hydrogen-bond acceptors (Lipinski definition) is 3. The molecule has 0 fully saturated rings. The van der Waals surface area contributed by atoms with Crippen molar-refractivity contribution < 1.29 is 4.74 Å². The molecule has 2 rings (SSSR count). The van der Waals surface area contributed by atoms with Crippen LogP contribution in [0.1, 0.15) is 31.0 Å². The summed E-state index contributed by atoms with van der Waals surface area (Å²) < 4.78 is 5.49. The summed E-state index contributed by atoms with van der Waals surface area (Å²) in [7, 11) is 0. The second-order valence-electron chi connectivity index (χ2n) is 4.68. The lowest BCUT2D eigenvalue weighted by atomic mass is 9.99. The number of pyridine rings is 1. The van der Waals surface area contributed by atoms with Gasteiger partial charge in [-0.25, -0.2) is 0 Å². The molecule has 1 heterocycles. The number of likely N-dealkylation sites (N-methyl/N-ethyl adjacent to an activating group) is 1. The Labute approximate surface area is 121 Å². The van der Waals surface area contributed by atoms with E-state index < -0.39 is 0 Å². The van der Waals surface area contributed by atoms with E-state index >= 15 is 0 Å². The van der Waals surface area contributed by atoms with Gasteiger partial charge in [-0.1, -0.05) is 25.1 Å². The first-order valence-corrected chi connectivity index (χ1v) is 7.18. The number of hydrogen-bond donors (Lipinski definition) is 1. The molecule has 3 nitrogen and oxygen atoms in total. The Balaban J connectivity index is 2.11. The topological polar surface area (TPSA) is 34.2 Å². The van der Waals surface area contributed by atoms with Crippen molar-refractivity contribution >= 4 is 0 Å². The number of nitrogens with one attached hydrogen (secondary N) is 1. The largest absolute Gasteiger partial charge is 0.494 e. The quantitative estimate of drug-likeness (QED) is 0.837. The molecule has 1 aromatic heterocycles. The van der Waals surface area contributed by atoms with E-state index in [1.807, 2.05) is 37.5 Å². The molecule has 0 bridgehead atoms. The van der Waals surface area contributed by atoms with E-state index in [4.69, 9.17) is 4.74 Å². The molecule has 0 aliphatic rings. The maximum atomic E-state index is 5.49. The van der Waals surface area contributed by atoms with Crippen molar-refractivity contribution in [3.8, 4) is 5.75 Å². The third kappa shape index (κ3) is 4.07. The molecular weight excluding hydrogens is 248 g/mol. The van der Waals surface area contributed by atoms with Crippen LogP contribution >= 0.6 is 0 Å². The van der Waals surface area contributed by atoms with Gasteiger partial charge in [-0.15, -0.1) is 0 Å². The van der Waals surface area contributed by atoms with Crippen molar-refractivity contribution in [1.29, 1.82) is 0 Å². The molecule has 20 heavy (non-hydrogen) atoms. The van der Waals surface area contributed by atoms with Gasteiger partial charge < -0.3 is 10.1 Å².